The zero-order valence-corrected chi connectivity index (χ0v) is 11.8. The molecule has 0 aliphatic heterocycles. The molecular formula is C13H18N2O3S. The minimum absolute atomic E-state index is 0.347. The van der Waals surface area contributed by atoms with Gasteiger partial charge in [0.2, 0.25) is 10.0 Å². The molecule has 0 aromatic heterocycles. The Balaban J connectivity index is 2.00. The van der Waals surface area contributed by atoms with Gasteiger partial charge in [0.25, 0.3) is 0 Å². The first-order valence-corrected chi connectivity index (χ1v) is 7.85. The summed E-state index contributed by atoms with van der Waals surface area (Å²) in [4.78, 5) is 11.6. The van der Waals surface area contributed by atoms with Gasteiger partial charge in [0.05, 0.1) is 5.25 Å². The highest BCUT2D eigenvalue weighted by atomic mass is 32.2. The van der Waals surface area contributed by atoms with Crippen molar-refractivity contribution in [1.82, 2.24) is 4.72 Å². The van der Waals surface area contributed by atoms with Crippen molar-refractivity contribution in [3.63, 3.8) is 0 Å². The number of urea groups is 1. The molecule has 6 heteroatoms. The fourth-order valence-corrected chi connectivity index (χ4v) is 2.96. The first kappa shape index (κ1) is 13.9. The van der Waals surface area contributed by atoms with Crippen LogP contribution >= 0.6 is 0 Å². The highest BCUT2D eigenvalue weighted by molar-refractivity contribution is 7.90. The zero-order chi connectivity index (χ0) is 14.0. The Bertz CT molecular complexity index is 577. The Morgan fingerprint density at radius 2 is 2.00 bits per heavy atom. The summed E-state index contributed by atoms with van der Waals surface area (Å²) in [5.41, 5.74) is 1.68. The van der Waals surface area contributed by atoms with Crippen LogP contribution in [0.1, 0.15) is 38.2 Å². The van der Waals surface area contributed by atoms with Gasteiger partial charge in [-0.15, -0.1) is 0 Å². The van der Waals surface area contributed by atoms with Crippen molar-refractivity contribution in [2.24, 2.45) is 0 Å². The van der Waals surface area contributed by atoms with E-state index in [4.69, 9.17) is 0 Å². The quantitative estimate of drug-likeness (QED) is 0.890. The Hall–Kier alpha value is -1.56. The monoisotopic (exact) mass is 282 g/mol. The Labute approximate surface area is 113 Å². The molecule has 0 unspecified atom stereocenters. The second-order valence-electron chi connectivity index (χ2n) is 5.08. The van der Waals surface area contributed by atoms with Gasteiger partial charge in [0.1, 0.15) is 0 Å². The van der Waals surface area contributed by atoms with E-state index in [-0.39, 0.29) is 0 Å². The summed E-state index contributed by atoms with van der Waals surface area (Å²) in [5, 5.41) is 2.14. The van der Waals surface area contributed by atoms with Gasteiger partial charge in [-0.05, 0) is 36.5 Å². The summed E-state index contributed by atoms with van der Waals surface area (Å²) in [6, 6.07) is 6.67. The third-order valence-electron chi connectivity index (χ3n) is 3.01. The second-order valence-corrected chi connectivity index (χ2v) is 7.04. The van der Waals surface area contributed by atoms with E-state index >= 15 is 0 Å². The first-order chi connectivity index (χ1) is 8.88. The number of carbonyl (C=O) groups is 1. The summed E-state index contributed by atoms with van der Waals surface area (Å²) in [6.07, 6.45) is 1.26. The van der Waals surface area contributed by atoms with Crippen LogP contribution in [0, 0.1) is 0 Å². The molecule has 2 N–H and O–H groups in total. The lowest BCUT2D eigenvalue weighted by Crippen LogP contribution is -2.36. The van der Waals surface area contributed by atoms with Crippen molar-refractivity contribution < 1.29 is 13.2 Å². The minimum atomic E-state index is -3.49. The maximum absolute atomic E-state index is 11.6. The molecule has 5 nitrogen and oxygen atoms in total. The highest BCUT2D eigenvalue weighted by Gasteiger charge is 2.36. The van der Waals surface area contributed by atoms with Crippen molar-refractivity contribution in [3.05, 3.63) is 29.8 Å². The topological polar surface area (TPSA) is 75.3 Å². The van der Waals surface area contributed by atoms with E-state index in [0.29, 0.717) is 24.4 Å². The fourth-order valence-electron chi connectivity index (χ4n) is 1.72. The van der Waals surface area contributed by atoms with Gasteiger partial charge in [0, 0.05) is 5.69 Å². The standard InChI is InChI=1S/C13H18N2O3S/c1-9(2)10-4-3-5-11(8-10)14-13(16)15-19(17,18)12-6-7-12/h3-5,8-9,12H,6-7H2,1-2H3,(H2,14,15,16). The van der Waals surface area contributed by atoms with Gasteiger partial charge in [-0.1, -0.05) is 26.0 Å². The van der Waals surface area contributed by atoms with E-state index in [2.05, 4.69) is 19.2 Å². The third-order valence-corrected chi connectivity index (χ3v) is 4.83. The molecule has 1 aromatic carbocycles. The number of sulfonamides is 1. The molecule has 0 heterocycles. The molecule has 1 saturated carbocycles. The van der Waals surface area contributed by atoms with Crippen LogP contribution in [0.15, 0.2) is 24.3 Å². The average Bonchev–Trinajstić information content (AvgIpc) is 3.12. The molecule has 1 fully saturated rings. The van der Waals surface area contributed by atoms with Crippen LogP contribution in [-0.4, -0.2) is 19.7 Å². The number of amides is 2. The van der Waals surface area contributed by atoms with Crippen molar-refractivity contribution in [2.75, 3.05) is 5.32 Å². The van der Waals surface area contributed by atoms with Gasteiger partial charge in [-0.3, -0.25) is 0 Å². The zero-order valence-electron chi connectivity index (χ0n) is 11.0. The molecule has 0 atom stereocenters. The summed E-state index contributed by atoms with van der Waals surface area (Å²) < 4.78 is 25.2. The molecule has 0 bridgehead atoms. The predicted octanol–water partition coefficient (Wildman–Crippen LogP) is 2.42. The van der Waals surface area contributed by atoms with E-state index < -0.39 is 21.3 Å². The molecule has 1 aliphatic rings. The lowest BCUT2D eigenvalue weighted by Gasteiger charge is -2.10. The molecule has 19 heavy (non-hydrogen) atoms. The molecule has 1 aliphatic carbocycles. The van der Waals surface area contributed by atoms with Gasteiger partial charge in [0.15, 0.2) is 0 Å². The molecule has 0 saturated heterocycles. The number of anilines is 1. The summed E-state index contributed by atoms with van der Waals surface area (Å²) >= 11 is 0. The summed E-state index contributed by atoms with van der Waals surface area (Å²) in [7, 11) is -3.49. The Kier molecular flexibility index (Phi) is 3.80. The molecule has 2 amide bonds. The number of benzene rings is 1. The number of hydrogen-bond acceptors (Lipinski definition) is 3. The Morgan fingerprint density at radius 1 is 1.32 bits per heavy atom. The maximum Gasteiger partial charge on any atom is 0.332 e. The van der Waals surface area contributed by atoms with Crippen molar-refractivity contribution in [2.45, 2.75) is 37.9 Å². The van der Waals surface area contributed by atoms with Crippen LogP contribution in [-0.2, 0) is 10.0 Å². The van der Waals surface area contributed by atoms with Crippen LogP contribution in [0.3, 0.4) is 0 Å². The first-order valence-electron chi connectivity index (χ1n) is 6.31. The fraction of sp³-hybridized carbons (Fsp3) is 0.462. The maximum atomic E-state index is 11.6. The van der Waals surface area contributed by atoms with Crippen molar-refractivity contribution in [1.29, 1.82) is 0 Å². The number of nitrogens with one attached hydrogen (secondary N) is 2. The lowest BCUT2D eigenvalue weighted by atomic mass is 10.0. The van der Waals surface area contributed by atoms with E-state index in [9.17, 15) is 13.2 Å². The van der Waals surface area contributed by atoms with E-state index in [1.807, 2.05) is 22.9 Å². The number of carbonyl (C=O) groups excluding carboxylic acids is 1. The molecule has 0 radical (unpaired) electrons. The van der Waals surface area contributed by atoms with Crippen LogP contribution in [0.25, 0.3) is 0 Å². The SMILES string of the molecule is CC(C)c1cccc(NC(=O)NS(=O)(=O)C2CC2)c1. The van der Waals surface area contributed by atoms with Gasteiger partial charge in [-0.25, -0.2) is 17.9 Å². The van der Waals surface area contributed by atoms with Crippen LogP contribution in [0.2, 0.25) is 0 Å². The Morgan fingerprint density at radius 3 is 2.58 bits per heavy atom. The second kappa shape index (κ2) is 5.21. The smallest absolute Gasteiger partial charge is 0.307 e. The van der Waals surface area contributed by atoms with E-state index in [1.54, 1.807) is 6.07 Å². The molecule has 0 spiro atoms. The van der Waals surface area contributed by atoms with Gasteiger partial charge in [-0.2, -0.15) is 0 Å². The predicted molar refractivity (Wildman–Crippen MR) is 74.6 cm³/mol. The molecular weight excluding hydrogens is 264 g/mol. The van der Waals surface area contributed by atoms with E-state index in [0.717, 1.165) is 5.56 Å². The highest BCUT2D eigenvalue weighted by Crippen LogP contribution is 2.27. The largest absolute Gasteiger partial charge is 0.332 e. The number of rotatable bonds is 4. The normalized spacial score (nSPS) is 15.3. The minimum Gasteiger partial charge on any atom is -0.307 e. The van der Waals surface area contributed by atoms with Crippen molar-refractivity contribution in [3.8, 4) is 0 Å². The molecule has 104 valence electrons. The van der Waals surface area contributed by atoms with Crippen LogP contribution in [0.5, 0.6) is 0 Å². The molecule has 1 aromatic rings. The third kappa shape index (κ3) is 3.70. The van der Waals surface area contributed by atoms with Gasteiger partial charge < -0.3 is 5.32 Å². The summed E-state index contributed by atoms with van der Waals surface area (Å²) in [5.74, 6) is 0.347. The summed E-state index contributed by atoms with van der Waals surface area (Å²) in [6.45, 7) is 4.10. The van der Waals surface area contributed by atoms with Crippen LogP contribution in [0.4, 0.5) is 10.5 Å². The number of hydrogen-bond donors (Lipinski definition) is 2. The molecule has 2 rings (SSSR count). The average molecular weight is 282 g/mol. The van der Waals surface area contributed by atoms with Gasteiger partial charge >= 0.3 is 6.03 Å². The van der Waals surface area contributed by atoms with Crippen molar-refractivity contribution >= 4 is 21.7 Å². The van der Waals surface area contributed by atoms with Crippen LogP contribution < -0.4 is 10.0 Å². The lowest BCUT2D eigenvalue weighted by molar-refractivity contribution is 0.256. The van der Waals surface area contributed by atoms with E-state index in [1.165, 1.54) is 0 Å².